The van der Waals surface area contributed by atoms with E-state index in [1.54, 1.807) is 16.2 Å². The Balaban J connectivity index is 1.76. The number of allylic oxidation sites excluding steroid dienone is 2. The summed E-state index contributed by atoms with van der Waals surface area (Å²) in [5.41, 5.74) is 0. The predicted octanol–water partition coefficient (Wildman–Crippen LogP) is 2.57. The summed E-state index contributed by atoms with van der Waals surface area (Å²) in [5.74, 6) is 0.321. The smallest absolute Gasteiger partial charge is 0.239 e. The van der Waals surface area contributed by atoms with Gasteiger partial charge in [0.25, 0.3) is 0 Å². The van der Waals surface area contributed by atoms with Crippen LogP contribution in [0.15, 0.2) is 29.7 Å². The van der Waals surface area contributed by atoms with Crippen molar-refractivity contribution in [2.24, 2.45) is 5.92 Å². The van der Waals surface area contributed by atoms with Crippen molar-refractivity contribution in [1.82, 2.24) is 10.2 Å². The van der Waals surface area contributed by atoms with Gasteiger partial charge in [0, 0.05) is 17.8 Å². The Morgan fingerprint density at radius 3 is 2.95 bits per heavy atom. The zero-order valence-corrected chi connectivity index (χ0v) is 13.2. The lowest BCUT2D eigenvalue weighted by Crippen LogP contribution is -2.40. The molecule has 1 atom stereocenters. The van der Waals surface area contributed by atoms with Crippen molar-refractivity contribution >= 4 is 23.2 Å². The number of carbonyl (C=O) groups excluding carboxylic acids is 2. The quantitative estimate of drug-likeness (QED) is 0.787. The Morgan fingerprint density at radius 1 is 1.48 bits per heavy atom. The van der Waals surface area contributed by atoms with E-state index in [1.807, 2.05) is 24.4 Å². The lowest BCUT2D eigenvalue weighted by Gasteiger charge is -2.21. The van der Waals surface area contributed by atoms with Gasteiger partial charge in [0.2, 0.25) is 11.8 Å². The first-order valence-corrected chi connectivity index (χ1v) is 8.30. The highest BCUT2D eigenvalue weighted by Gasteiger charge is 2.20. The minimum atomic E-state index is -0.0967. The Bertz CT molecular complexity index is 496. The van der Waals surface area contributed by atoms with Crippen molar-refractivity contribution in [1.29, 1.82) is 0 Å². The van der Waals surface area contributed by atoms with Crippen molar-refractivity contribution in [2.75, 3.05) is 13.1 Å². The van der Waals surface area contributed by atoms with Gasteiger partial charge >= 0.3 is 0 Å². The van der Waals surface area contributed by atoms with Gasteiger partial charge in [0.15, 0.2) is 0 Å². The molecule has 1 aromatic rings. The molecule has 4 nitrogen and oxygen atoms in total. The lowest BCUT2D eigenvalue weighted by molar-refractivity contribution is -0.136. The lowest BCUT2D eigenvalue weighted by atomic mass is 10.0. The minimum absolute atomic E-state index is 0.0697. The first kappa shape index (κ1) is 15.8. The van der Waals surface area contributed by atoms with Crippen LogP contribution >= 0.6 is 11.3 Å². The number of likely N-dealkylation sites (N-methyl/N-ethyl adjacent to an activating group) is 1. The molecule has 0 bridgehead atoms. The summed E-state index contributed by atoms with van der Waals surface area (Å²) in [4.78, 5) is 26.9. The minimum Gasteiger partial charge on any atom is -0.350 e. The fraction of sp³-hybridized carbons (Fsp3) is 0.500. The molecule has 1 aromatic heterocycles. The molecule has 0 radical (unpaired) electrons. The molecule has 0 saturated carbocycles. The van der Waals surface area contributed by atoms with Crippen molar-refractivity contribution in [3.8, 4) is 0 Å². The van der Waals surface area contributed by atoms with Crippen LogP contribution in [-0.4, -0.2) is 29.8 Å². The van der Waals surface area contributed by atoms with Gasteiger partial charge in [0.05, 0.1) is 13.1 Å². The van der Waals surface area contributed by atoms with Crippen molar-refractivity contribution < 1.29 is 9.59 Å². The van der Waals surface area contributed by atoms with E-state index in [9.17, 15) is 9.59 Å². The first-order chi connectivity index (χ1) is 10.2. The van der Waals surface area contributed by atoms with E-state index in [-0.39, 0.29) is 18.4 Å². The van der Waals surface area contributed by atoms with Crippen molar-refractivity contribution in [3.05, 3.63) is 34.5 Å². The first-order valence-electron chi connectivity index (χ1n) is 7.42. The van der Waals surface area contributed by atoms with E-state index in [0.717, 1.165) is 17.7 Å². The zero-order chi connectivity index (χ0) is 15.1. The fourth-order valence-corrected chi connectivity index (χ4v) is 3.07. The normalized spacial score (nSPS) is 16.9. The number of rotatable bonds is 7. The number of amides is 2. The van der Waals surface area contributed by atoms with E-state index in [0.29, 0.717) is 25.4 Å². The summed E-state index contributed by atoms with van der Waals surface area (Å²) >= 11 is 1.61. The molecule has 5 heteroatoms. The second-order valence-corrected chi connectivity index (χ2v) is 6.27. The average Bonchev–Trinajstić information content (AvgIpc) is 3.15. The van der Waals surface area contributed by atoms with Gasteiger partial charge in [-0.1, -0.05) is 18.2 Å². The van der Waals surface area contributed by atoms with Crippen LogP contribution in [-0.2, 0) is 16.1 Å². The molecule has 1 aliphatic carbocycles. The largest absolute Gasteiger partial charge is 0.350 e. The van der Waals surface area contributed by atoms with Crippen molar-refractivity contribution in [2.45, 2.75) is 32.7 Å². The third-order valence-corrected chi connectivity index (χ3v) is 4.53. The molecule has 1 aliphatic rings. The number of thiophene rings is 1. The summed E-state index contributed by atoms with van der Waals surface area (Å²) in [7, 11) is 0. The Kier molecular flexibility index (Phi) is 5.99. The number of hydrogen-bond acceptors (Lipinski definition) is 3. The molecule has 0 fully saturated rings. The maximum atomic E-state index is 12.2. The summed E-state index contributed by atoms with van der Waals surface area (Å²) in [5, 5.41) is 4.85. The Labute approximate surface area is 129 Å². The summed E-state index contributed by atoms with van der Waals surface area (Å²) in [6, 6.07) is 3.95. The van der Waals surface area contributed by atoms with Crippen LogP contribution < -0.4 is 5.32 Å². The van der Waals surface area contributed by atoms with Crippen LogP contribution in [0.1, 0.15) is 31.1 Å². The highest BCUT2D eigenvalue weighted by atomic mass is 32.1. The average molecular weight is 306 g/mol. The molecule has 1 heterocycles. The monoisotopic (exact) mass is 306 g/mol. The highest BCUT2D eigenvalue weighted by Crippen LogP contribution is 2.21. The molecule has 0 aliphatic heterocycles. The van der Waals surface area contributed by atoms with Gasteiger partial charge < -0.3 is 10.2 Å². The molecule has 0 saturated heterocycles. The predicted molar refractivity (Wildman–Crippen MR) is 84.9 cm³/mol. The molecule has 1 N–H and O–H groups in total. The van der Waals surface area contributed by atoms with Crippen LogP contribution in [0.2, 0.25) is 0 Å². The number of carbonyl (C=O) groups is 2. The second kappa shape index (κ2) is 7.98. The van der Waals surface area contributed by atoms with Crippen LogP contribution in [0.4, 0.5) is 0 Å². The van der Waals surface area contributed by atoms with Crippen LogP contribution in [0.25, 0.3) is 0 Å². The Morgan fingerprint density at radius 2 is 2.33 bits per heavy atom. The topological polar surface area (TPSA) is 49.4 Å². The third kappa shape index (κ3) is 5.01. The SMILES string of the molecule is CCN(CC(=O)NCc1cccs1)C(=O)C[C@@H]1C=CCC1. The highest BCUT2D eigenvalue weighted by molar-refractivity contribution is 7.09. The molecule has 2 amide bonds. The van der Waals surface area contributed by atoms with E-state index in [1.165, 1.54) is 0 Å². The number of hydrogen-bond donors (Lipinski definition) is 1. The van der Waals surface area contributed by atoms with Gasteiger partial charge in [-0.05, 0) is 37.1 Å². The maximum Gasteiger partial charge on any atom is 0.239 e. The summed E-state index contributed by atoms with van der Waals surface area (Å²) in [6.45, 7) is 3.17. The molecule has 114 valence electrons. The molecule has 2 rings (SSSR count). The van der Waals surface area contributed by atoms with Crippen LogP contribution in [0.5, 0.6) is 0 Å². The maximum absolute atomic E-state index is 12.2. The Hall–Kier alpha value is -1.62. The van der Waals surface area contributed by atoms with Gasteiger partial charge in [0.1, 0.15) is 0 Å². The van der Waals surface area contributed by atoms with Crippen LogP contribution in [0, 0.1) is 5.92 Å². The summed E-state index contributed by atoms with van der Waals surface area (Å²) < 4.78 is 0. The van der Waals surface area contributed by atoms with E-state index in [2.05, 4.69) is 17.5 Å². The van der Waals surface area contributed by atoms with Crippen LogP contribution in [0.3, 0.4) is 0 Å². The molecular weight excluding hydrogens is 284 g/mol. The number of nitrogens with one attached hydrogen (secondary N) is 1. The van der Waals surface area contributed by atoms with Gasteiger partial charge in [-0.15, -0.1) is 11.3 Å². The fourth-order valence-electron chi connectivity index (χ4n) is 2.42. The molecule has 0 unspecified atom stereocenters. The third-order valence-electron chi connectivity index (χ3n) is 3.66. The second-order valence-electron chi connectivity index (χ2n) is 5.23. The zero-order valence-electron chi connectivity index (χ0n) is 12.4. The van der Waals surface area contributed by atoms with E-state index in [4.69, 9.17) is 0 Å². The standard InChI is InChI=1S/C16H22N2O2S/c1-2-18(16(20)10-13-6-3-4-7-13)12-15(19)17-11-14-8-5-9-21-14/h3,5-6,8-9,13H,2,4,7,10-12H2,1H3,(H,17,19)/t13-/m1/s1. The van der Waals surface area contributed by atoms with Gasteiger partial charge in [-0.2, -0.15) is 0 Å². The molecule has 0 aromatic carbocycles. The van der Waals surface area contributed by atoms with Gasteiger partial charge in [-0.25, -0.2) is 0 Å². The van der Waals surface area contributed by atoms with E-state index >= 15 is 0 Å². The summed E-state index contributed by atoms with van der Waals surface area (Å²) in [6.07, 6.45) is 6.87. The van der Waals surface area contributed by atoms with Crippen molar-refractivity contribution in [3.63, 3.8) is 0 Å². The number of nitrogens with zero attached hydrogens (tertiary/aromatic N) is 1. The molecule has 0 spiro atoms. The van der Waals surface area contributed by atoms with E-state index < -0.39 is 0 Å². The molecular formula is C16H22N2O2S. The van der Waals surface area contributed by atoms with Gasteiger partial charge in [-0.3, -0.25) is 9.59 Å². The molecule has 21 heavy (non-hydrogen) atoms.